The lowest BCUT2D eigenvalue weighted by atomic mass is 9.88. The fraction of sp³-hybridized carbons (Fsp3) is 0.423. The number of allylic oxidation sites excluding steroid dienone is 1. The van der Waals surface area contributed by atoms with Gasteiger partial charge in [-0.2, -0.15) is 0 Å². The van der Waals surface area contributed by atoms with Crippen LogP contribution in [0.4, 0.5) is 5.69 Å². The molecule has 1 saturated carbocycles. The summed E-state index contributed by atoms with van der Waals surface area (Å²) in [6.45, 7) is 7.48. The second-order valence-corrected chi connectivity index (χ2v) is 8.99. The van der Waals surface area contributed by atoms with Crippen molar-refractivity contribution in [2.24, 2.45) is 5.92 Å². The number of carbonyl (C=O) groups excluding carboxylic acids is 1. The molecule has 3 heteroatoms. The molecule has 0 atom stereocenters. The van der Waals surface area contributed by atoms with E-state index in [9.17, 15) is 4.79 Å². The lowest BCUT2D eigenvalue weighted by molar-refractivity contribution is -0.139. The van der Waals surface area contributed by atoms with Crippen molar-refractivity contribution in [2.75, 3.05) is 4.90 Å². The Labute approximate surface area is 174 Å². The maximum absolute atomic E-state index is 12.6. The van der Waals surface area contributed by atoms with Crippen LogP contribution in [0.5, 0.6) is 5.75 Å². The van der Waals surface area contributed by atoms with Crippen LogP contribution in [0.15, 0.2) is 54.6 Å². The summed E-state index contributed by atoms with van der Waals surface area (Å²) in [6.07, 6.45) is 7.73. The van der Waals surface area contributed by atoms with E-state index in [-0.39, 0.29) is 17.4 Å². The molecule has 2 aliphatic rings. The molecule has 0 unspecified atom stereocenters. The zero-order valence-corrected chi connectivity index (χ0v) is 17.8. The number of anilines is 1. The molecule has 0 bridgehead atoms. The highest BCUT2D eigenvalue weighted by molar-refractivity contribution is 5.83. The maximum Gasteiger partial charge on any atom is 0.314 e. The first-order valence-electron chi connectivity index (χ1n) is 10.8. The fourth-order valence-corrected chi connectivity index (χ4v) is 4.72. The molecule has 2 aromatic rings. The number of nitrogens with zero attached hydrogens (tertiary/aromatic N) is 1. The van der Waals surface area contributed by atoms with Gasteiger partial charge in [-0.25, -0.2) is 0 Å². The number of esters is 1. The first-order chi connectivity index (χ1) is 13.9. The second-order valence-electron chi connectivity index (χ2n) is 8.99. The molecular formula is C26H31NO2. The molecule has 0 amide bonds. The van der Waals surface area contributed by atoms with Gasteiger partial charge in [-0.15, -0.1) is 0 Å². The molecule has 2 aromatic carbocycles. The average molecular weight is 390 g/mol. The minimum absolute atomic E-state index is 0.0601. The van der Waals surface area contributed by atoms with Crippen LogP contribution in [0.25, 0.3) is 5.57 Å². The third-order valence-electron chi connectivity index (χ3n) is 6.29. The summed E-state index contributed by atoms with van der Waals surface area (Å²) in [4.78, 5) is 15.0. The summed E-state index contributed by atoms with van der Waals surface area (Å²) < 4.78 is 5.79. The Morgan fingerprint density at radius 3 is 2.52 bits per heavy atom. The number of hydrogen-bond acceptors (Lipinski definition) is 3. The van der Waals surface area contributed by atoms with E-state index in [4.69, 9.17) is 4.74 Å². The van der Waals surface area contributed by atoms with Crippen molar-refractivity contribution in [1.29, 1.82) is 0 Å². The van der Waals surface area contributed by atoms with E-state index in [1.165, 1.54) is 23.2 Å². The summed E-state index contributed by atoms with van der Waals surface area (Å²) in [7, 11) is 0. The van der Waals surface area contributed by atoms with Crippen molar-refractivity contribution in [3.05, 3.63) is 65.7 Å². The Bertz CT molecular complexity index is 908. The van der Waals surface area contributed by atoms with Crippen LogP contribution >= 0.6 is 0 Å². The third-order valence-corrected chi connectivity index (χ3v) is 6.29. The highest BCUT2D eigenvalue weighted by Crippen LogP contribution is 2.41. The number of carbonyl (C=O) groups is 1. The lowest BCUT2D eigenvalue weighted by Gasteiger charge is -2.43. The molecule has 0 spiro atoms. The molecule has 3 nitrogen and oxygen atoms in total. The molecule has 29 heavy (non-hydrogen) atoms. The molecule has 0 radical (unpaired) electrons. The number of rotatable bonds is 4. The van der Waals surface area contributed by atoms with E-state index >= 15 is 0 Å². The first-order valence-corrected chi connectivity index (χ1v) is 10.8. The maximum atomic E-state index is 12.6. The van der Waals surface area contributed by atoms with E-state index in [2.05, 4.69) is 68.1 Å². The van der Waals surface area contributed by atoms with Gasteiger partial charge in [0, 0.05) is 17.8 Å². The Balaban J connectivity index is 1.60. The summed E-state index contributed by atoms with van der Waals surface area (Å²) in [6, 6.07) is 16.7. The number of benzene rings is 2. The fourth-order valence-electron chi connectivity index (χ4n) is 4.72. The largest absolute Gasteiger partial charge is 0.426 e. The standard InChI is InChI=1S/C26H31NO2/c1-19-17-26(2,3)27(18-20-10-6-4-7-11-20)24-15-14-22(16-23(19)24)29-25(28)21-12-8-5-9-13-21/h4,6-7,10-11,14-17,21H,5,8-9,12-13,18H2,1-3H3. The summed E-state index contributed by atoms with van der Waals surface area (Å²) >= 11 is 0. The van der Waals surface area contributed by atoms with Crippen LogP contribution in [-0.4, -0.2) is 11.5 Å². The van der Waals surface area contributed by atoms with Crippen molar-refractivity contribution < 1.29 is 9.53 Å². The molecule has 1 fully saturated rings. The van der Waals surface area contributed by atoms with Gasteiger partial charge >= 0.3 is 5.97 Å². The number of hydrogen-bond donors (Lipinski definition) is 0. The van der Waals surface area contributed by atoms with Crippen LogP contribution in [0.3, 0.4) is 0 Å². The Morgan fingerprint density at radius 2 is 1.79 bits per heavy atom. The van der Waals surface area contributed by atoms with Gasteiger partial charge in [0.1, 0.15) is 5.75 Å². The summed E-state index contributed by atoms with van der Waals surface area (Å²) in [5.74, 6) is 0.653. The van der Waals surface area contributed by atoms with Gasteiger partial charge in [-0.05, 0) is 62.9 Å². The molecule has 1 heterocycles. The van der Waals surface area contributed by atoms with E-state index in [1.807, 2.05) is 12.1 Å². The van der Waals surface area contributed by atoms with Gasteiger partial charge in [0.25, 0.3) is 0 Å². The van der Waals surface area contributed by atoms with Gasteiger partial charge in [-0.3, -0.25) is 4.79 Å². The van der Waals surface area contributed by atoms with Crippen molar-refractivity contribution in [1.82, 2.24) is 0 Å². The zero-order valence-electron chi connectivity index (χ0n) is 17.8. The highest BCUT2D eigenvalue weighted by atomic mass is 16.5. The van der Waals surface area contributed by atoms with E-state index in [0.29, 0.717) is 5.75 Å². The Morgan fingerprint density at radius 1 is 1.07 bits per heavy atom. The van der Waals surface area contributed by atoms with E-state index in [1.54, 1.807) is 0 Å². The molecule has 1 aliphatic carbocycles. The van der Waals surface area contributed by atoms with Crippen LogP contribution in [0, 0.1) is 5.92 Å². The zero-order chi connectivity index (χ0) is 20.4. The predicted molar refractivity (Wildman–Crippen MR) is 119 cm³/mol. The number of fused-ring (bicyclic) bond motifs is 1. The SMILES string of the molecule is CC1=CC(C)(C)N(Cc2ccccc2)c2ccc(OC(=O)C3CCCCC3)cc21. The van der Waals surface area contributed by atoms with Gasteiger partial charge in [0.15, 0.2) is 0 Å². The van der Waals surface area contributed by atoms with Gasteiger partial charge in [-0.1, -0.05) is 55.7 Å². The highest BCUT2D eigenvalue weighted by Gasteiger charge is 2.32. The molecule has 1 aliphatic heterocycles. The summed E-state index contributed by atoms with van der Waals surface area (Å²) in [5.41, 5.74) is 4.76. The molecular weight excluding hydrogens is 358 g/mol. The van der Waals surface area contributed by atoms with E-state index < -0.39 is 0 Å². The van der Waals surface area contributed by atoms with Crippen LogP contribution < -0.4 is 9.64 Å². The second kappa shape index (κ2) is 8.06. The van der Waals surface area contributed by atoms with Crippen molar-refractivity contribution in [2.45, 2.75) is 65.0 Å². The van der Waals surface area contributed by atoms with Crippen LogP contribution in [0.2, 0.25) is 0 Å². The topological polar surface area (TPSA) is 29.5 Å². The minimum Gasteiger partial charge on any atom is -0.426 e. The minimum atomic E-state index is -0.0901. The summed E-state index contributed by atoms with van der Waals surface area (Å²) in [5, 5.41) is 0. The predicted octanol–water partition coefficient (Wildman–Crippen LogP) is 6.37. The molecule has 152 valence electrons. The normalized spacial score (nSPS) is 18.7. The smallest absolute Gasteiger partial charge is 0.314 e. The monoisotopic (exact) mass is 389 g/mol. The van der Waals surface area contributed by atoms with E-state index in [0.717, 1.165) is 37.8 Å². The quantitative estimate of drug-likeness (QED) is 0.449. The van der Waals surface area contributed by atoms with Crippen molar-refractivity contribution in [3.8, 4) is 5.75 Å². The Hall–Kier alpha value is -2.55. The lowest BCUT2D eigenvalue weighted by Crippen LogP contribution is -2.44. The van der Waals surface area contributed by atoms with Gasteiger partial charge < -0.3 is 9.64 Å². The first kappa shape index (κ1) is 19.8. The third kappa shape index (κ3) is 4.24. The van der Waals surface area contributed by atoms with Gasteiger partial charge in [0.05, 0.1) is 11.5 Å². The Kier molecular flexibility index (Phi) is 5.49. The molecule has 4 rings (SSSR count). The van der Waals surface area contributed by atoms with Crippen LogP contribution in [-0.2, 0) is 11.3 Å². The van der Waals surface area contributed by atoms with Crippen molar-refractivity contribution in [3.63, 3.8) is 0 Å². The van der Waals surface area contributed by atoms with Crippen LogP contribution in [0.1, 0.15) is 64.0 Å². The number of ether oxygens (including phenoxy) is 1. The molecule has 0 N–H and O–H groups in total. The van der Waals surface area contributed by atoms with Gasteiger partial charge in [0.2, 0.25) is 0 Å². The molecule has 0 saturated heterocycles. The average Bonchev–Trinajstić information content (AvgIpc) is 2.72. The van der Waals surface area contributed by atoms with Crippen molar-refractivity contribution >= 4 is 17.2 Å². The molecule has 0 aromatic heterocycles.